The lowest BCUT2D eigenvalue weighted by atomic mass is 9.95. The number of benzene rings is 1. The Balaban J connectivity index is 1.78. The molecule has 0 amide bonds. The third kappa shape index (κ3) is 4.01. The fourth-order valence-corrected chi connectivity index (χ4v) is 2.39. The molecule has 0 saturated carbocycles. The van der Waals surface area contributed by atoms with Crippen molar-refractivity contribution in [1.29, 1.82) is 0 Å². The Bertz CT molecular complexity index is 400. The molecule has 1 fully saturated rings. The Labute approximate surface area is 119 Å². The summed E-state index contributed by atoms with van der Waals surface area (Å²) < 4.78 is 5.40. The van der Waals surface area contributed by atoms with Gasteiger partial charge in [0.15, 0.2) is 0 Å². The minimum atomic E-state index is -1.13. The first-order valence-corrected chi connectivity index (χ1v) is 7.01. The minimum Gasteiger partial charge on any atom is -0.388 e. The molecule has 1 aliphatic heterocycles. The highest BCUT2D eigenvalue weighted by Crippen LogP contribution is 2.19. The van der Waals surface area contributed by atoms with Gasteiger partial charge in [-0.1, -0.05) is 30.3 Å². The van der Waals surface area contributed by atoms with Gasteiger partial charge in [-0.25, -0.2) is 0 Å². The highest BCUT2D eigenvalue weighted by Gasteiger charge is 2.37. The highest BCUT2D eigenvalue weighted by molar-refractivity contribution is 5.14. The predicted octanol–water partition coefficient (Wildman–Crippen LogP) is 0.0363. The van der Waals surface area contributed by atoms with E-state index in [1.807, 2.05) is 37.3 Å². The van der Waals surface area contributed by atoms with Crippen LogP contribution in [0.25, 0.3) is 0 Å². The zero-order valence-corrected chi connectivity index (χ0v) is 11.6. The number of ether oxygens (including phenoxy) is 1. The molecule has 1 aliphatic rings. The molecule has 1 saturated heterocycles. The maximum atomic E-state index is 9.88. The first-order valence-electron chi connectivity index (χ1n) is 7.01. The molecular weight excluding hydrogens is 258 g/mol. The lowest BCUT2D eigenvalue weighted by molar-refractivity contribution is -0.189. The molecule has 0 radical (unpaired) electrons. The summed E-state index contributed by atoms with van der Waals surface area (Å²) in [4.78, 5) is 0. The van der Waals surface area contributed by atoms with E-state index in [0.29, 0.717) is 6.42 Å². The second kappa shape index (κ2) is 7.15. The SMILES string of the molecule is CC(CC1OCC(O)C(O)C1O)NCc1ccccc1. The first-order chi connectivity index (χ1) is 9.58. The van der Waals surface area contributed by atoms with E-state index in [2.05, 4.69) is 5.32 Å². The summed E-state index contributed by atoms with van der Waals surface area (Å²) in [5.74, 6) is 0. The smallest absolute Gasteiger partial charge is 0.111 e. The zero-order chi connectivity index (χ0) is 14.5. The number of aliphatic hydroxyl groups is 3. The topological polar surface area (TPSA) is 82.0 Å². The predicted molar refractivity (Wildman–Crippen MR) is 75.1 cm³/mol. The van der Waals surface area contributed by atoms with Crippen LogP contribution in [0.5, 0.6) is 0 Å². The normalized spacial score (nSPS) is 32.0. The fraction of sp³-hybridized carbons (Fsp3) is 0.600. The molecule has 1 heterocycles. The monoisotopic (exact) mass is 281 g/mol. The van der Waals surface area contributed by atoms with Gasteiger partial charge in [0.2, 0.25) is 0 Å². The molecule has 0 aliphatic carbocycles. The minimum absolute atomic E-state index is 0.0638. The zero-order valence-electron chi connectivity index (χ0n) is 11.6. The summed E-state index contributed by atoms with van der Waals surface area (Å²) in [5.41, 5.74) is 1.19. The molecule has 5 heteroatoms. The van der Waals surface area contributed by atoms with E-state index in [9.17, 15) is 15.3 Å². The van der Waals surface area contributed by atoms with Gasteiger partial charge in [-0.2, -0.15) is 0 Å². The fourth-order valence-electron chi connectivity index (χ4n) is 2.39. The van der Waals surface area contributed by atoms with Gasteiger partial charge >= 0.3 is 0 Å². The Morgan fingerprint density at radius 2 is 1.90 bits per heavy atom. The molecular formula is C15H23NO4. The van der Waals surface area contributed by atoms with Gasteiger partial charge in [-0.15, -0.1) is 0 Å². The van der Waals surface area contributed by atoms with Crippen LogP contribution in [0.1, 0.15) is 18.9 Å². The maximum absolute atomic E-state index is 9.88. The van der Waals surface area contributed by atoms with Crippen molar-refractivity contribution in [3.63, 3.8) is 0 Å². The van der Waals surface area contributed by atoms with Crippen molar-refractivity contribution in [2.24, 2.45) is 0 Å². The first kappa shape index (κ1) is 15.4. The third-order valence-electron chi connectivity index (χ3n) is 3.69. The van der Waals surface area contributed by atoms with Crippen LogP contribution >= 0.6 is 0 Å². The molecule has 0 spiro atoms. The molecule has 1 aromatic rings. The van der Waals surface area contributed by atoms with Gasteiger partial charge in [0.1, 0.15) is 18.3 Å². The number of hydrogen-bond acceptors (Lipinski definition) is 5. The van der Waals surface area contributed by atoms with Gasteiger partial charge in [0, 0.05) is 12.6 Å². The lowest BCUT2D eigenvalue weighted by Gasteiger charge is -2.36. The van der Waals surface area contributed by atoms with Crippen molar-refractivity contribution in [2.45, 2.75) is 50.3 Å². The molecule has 5 unspecified atom stereocenters. The standard InChI is InChI=1S/C15H23NO4/c1-10(16-8-11-5-3-2-4-6-11)7-13-15(19)14(18)12(17)9-20-13/h2-6,10,12-19H,7-9H2,1H3. The Hall–Kier alpha value is -0.980. The summed E-state index contributed by atoms with van der Waals surface area (Å²) in [5, 5.41) is 32.3. The van der Waals surface area contributed by atoms with Crippen molar-refractivity contribution in [1.82, 2.24) is 5.32 Å². The second-order valence-electron chi connectivity index (χ2n) is 5.42. The number of aliphatic hydroxyl groups excluding tert-OH is 3. The average Bonchev–Trinajstić information content (AvgIpc) is 2.47. The van der Waals surface area contributed by atoms with Crippen LogP contribution in [0.15, 0.2) is 30.3 Å². The molecule has 0 aromatic heterocycles. The summed E-state index contributed by atoms with van der Waals surface area (Å²) in [7, 11) is 0. The molecule has 112 valence electrons. The van der Waals surface area contributed by atoms with E-state index in [1.165, 1.54) is 5.56 Å². The highest BCUT2D eigenvalue weighted by atomic mass is 16.5. The Morgan fingerprint density at radius 1 is 1.20 bits per heavy atom. The van der Waals surface area contributed by atoms with Crippen molar-refractivity contribution in [3.8, 4) is 0 Å². The second-order valence-corrected chi connectivity index (χ2v) is 5.42. The number of rotatable bonds is 5. The third-order valence-corrected chi connectivity index (χ3v) is 3.69. The molecule has 20 heavy (non-hydrogen) atoms. The van der Waals surface area contributed by atoms with Gasteiger partial charge in [0.25, 0.3) is 0 Å². The van der Waals surface area contributed by atoms with Crippen molar-refractivity contribution in [2.75, 3.05) is 6.61 Å². The van der Waals surface area contributed by atoms with Crippen LogP contribution in [0.3, 0.4) is 0 Å². The Morgan fingerprint density at radius 3 is 2.60 bits per heavy atom. The number of hydrogen-bond donors (Lipinski definition) is 4. The molecule has 4 N–H and O–H groups in total. The lowest BCUT2D eigenvalue weighted by Crippen LogP contribution is -2.54. The molecule has 1 aromatic carbocycles. The van der Waals surface area contributed by atoms with Crippen LogP contribution in [0.2, 0.25) is 0 Å². The van der Waals surface area contributed by atoms with Crippen molar-refractivity contribution in [3.05, 3.63) is 35.9 Å². The van der Waals surface area contributed by atoms with E-state index in [0.717, 1.165) is 6.54 Å². The summed E-state index contributed by atoms with van der Waals surface area (Å²) in [6.07, 6.45) is -3.05. The van der Waals surface area contributed by atoms with E-state index in [-0.39, 0.29) is 12.6 Å². The largest absolute Gasteiger partial charge is 0.388 e. The molecule has 5 atom stereocenters. The van der Waals surface area contributed by atoms with E-state index < -0.39 is 24.4 Å². The average molecular weight is 281 g/mol. The van der Waals surface area contributed by atoms with E-state index in [1.54, 1.807) is 0 Å². The van der Waals surface area contributed by atoms with Crippen molar-refractivity contribution >= 4 is 0 Å². The van der Waals surface area contributed by atoms with Gasteiger partial charge in [0.05, 0.1) is 12.7 Å². The van der Waals surface area contributed by atoms with E-state index >= 15 is 0 Å². The number of nitrogens with one attached hydrogen (secondary N) is 1. The van der Waals surface area contributed by atoms with Crippen LogP contribution in [0.4, 0.5) is 0 Å². The van der Waals surface area contributed by atoms with Crippen LogP contribution in [-0.4, -0.2) is 52.4 Å². The van der Waals surface area contributed by atoms with Gasteiger partial charge in [-0.3, -0.25) is 0 Å². The summed E-state index contributed by atoms with van der Waals surface area (Å²) in [6, 6.07) is 10.2. The van der Waals surface area contributed by atoms with Crippen molar-refractivity contribution < 1.29 is 20.1 Å². The molecule has 2 rings (SSSR count). The molecule has 0 bridgehead atoms. The van der Waals surface area contributed by atoms with Gasteiger partial charge < -0.3 is 25.4 Å². The maximum Gasteiger partial charge on any atom is 0.111 e. The summed E-state index contributed by atoms with van der Waals surface area (Å²) >= 11 is 0. The van der Waals surface area contributed by atoms with Crippen LogP contribution in [0, 0.1) is 0 Å². The van der Waals surface area contributed by atoms with Crippen LogP contribution in [-0.2, 0) is 11.3 Å². The molecule has 5 nitrogen and oxygen atoms in total. The van der Waals surface area contributed by atoms with Gasteiger partial charge in [-0.05, 0) is 18.9 Å². The summed E-state index contributed by atoms with van der Waals surface area (Å²) in [6.45, 7) is 2.82. The quantitative estimate of drug-likeness (QED) is 0.612. The Kier molecular flexibility index (Phi) is 5.51. The van der Waals surface area contributed by atoms with E-state index in [4.69, 9.17) is 4.74 Å². The van der Waals surface area contributed by atoms with Crippen LogP contribution < -0.4 is 5.32 Å².